The molecule has 2 heterocycles. The first-order valence-corrected chi connectivity index (χ1v) is 5.21. The van der Waals surface area contributed by atoms with E-state index >= 15 is 0 Å². The Morgan fingerprint density at radius 2 is 1.36 bits per heavy atom. The van der Waals surface area contributed by atoms with Crippen LogP contribution in [0.5, 0.6) is 0 Å². The van der Waals surface area contributed by atoms with Gasteiger partial charge in [-0.05, 0) is 32.6 Å². The molecule has 0 aliphatic carbocycles. The van der Waals surface area contributed by atoms with Gasteiger partial charge >= 0.3 is 10.3 Å². The highest BCUT2D eigenvalue weighted by Crippen LogP contribution is 2.29. The van der Waals surface area contributed by atoms with Gasteiger partial charge in [0, 0.05) is 9.95 Å². The third kappa shape index (κ3) is 1.44. The highest BCUT2D eigenvalue weighted by atomic mass is 32.1. The first-order valence-electron chi connectivity index (χ1n) is 3.45. The predicted molar refractivity (Wildman–Crippen MR) is 52.7 cm³/mol. The molecule has 0 aliphatic rings. The van der Waals surface area contributed by atoms with E-state index in [0.29, 0.717) is 11.4 Å². The molecule has 2 aromatic heterocycles. The number of rotatable bonds is 1. The molecule has 0 aromatic carbocycles. The molecule has 0 saturated carbocycles. The van der Waals surface area contributed by atoms with Crippen LogP contribution in [-0.4, -0.2) is 9.97 Å². The standard InChI is InChI=1S/C6H2N6S2/c7-11-5-9-3(1-13-5)4-2-14-6(10-4)12-8/h1-2H/q+2. The minimum absolute atomic E-state index is 0.274. The van der Waals surface area contributed by atoms with Crippen molar-refractivity contribution in [1.82, 2.24) is 9.97 Å². The van der Waals surface area contributed by atoms with Gasteiger partial charge in [-0.25, -0.2) is 0 Å². The Balaban J connectivity index is 2.41. The third-order valence-corrected chi connectivity index (χ3v) is 2.87. The van der Waals surface area contributed by atoms with Gasteiger partial charge in [-0.1, -0.05) is 0 Å². The van der Waals surface area contributed by atoms with Crippen molar-refractivity contribution in [2.24, 2.45) is 0 Å². The second kappa shape index (κ2) is 3.46. The Morgan fingerprint density at radius 3 is 1.64 bits per heavy atom. The number of nitrogens with zero attached hydrogens (tertiary/aromatic N) is 6. The van der Waals surface area contributed by atoms with Crippen LogP contribution in [0.25, 0.3) is 21.3 Å². The van der Waals surface area contributed by atoms with E-state index in [9.17, 15) is 0 Å². The normalized spacial score (nSPS) is 9.29. The maximum atomic E-state index is 8.45. The Morgan fingerprint density at radius 1 is 0.929 bits per heavy atom. The second-order valence-corrected chi connectivity index (χ2v) is 3.90. The number of diazo groups is 2. The average molecular weight is 222 g/mol. The van der Waals surface area contributed by atoms with E-state index < -0.39 is 0 Å². The number of thiazole rings is 2. The molecule has 14 heavy (non-hydrogen) atoms. The van der Waals surface area contributed by atoms with Crippen LogP contribution < -0.4 is 0 Å². The summed E-state index contributed by atoms with van der Waals surface area (Å²) < 4.78 is 0. The quantitative estimate of drug-likeness (QED) is 0.693. The van der Waals surface area contributed by atoms with Gasteiger partial charge in [0.05, 0.1) is 21.5 Å². The number of aromatic nitrogens is 2. The molecular formula is C6H2N6S2+2. The molecule has 0 aliphatic heterocycles. The van der Waals surface area contributed by atoms with Crippen LogP contribution in [0.15, 0.2) is 10.8 Å². The van der Waals surface area contributed by atoms with Gasteiger partial charge in [0.15, 0.2) is 0 Å². The zero-order valence-corrected chi connectivity index (χ0v) is 8.29. The molecule has 2 aromatic rings. The lowest BCUT2D eigenvalue weighted by molar-refractivity contribution is 1.32. The average Bonchev–Trinajstić information content (AvgIpc) is 2.86. The van der Waals surface area contributed by atoms with E-state index in [1.807, 2.05) is 0 Å². The highest BCUT2D eigenvalue weighted by molar-refractivity contribution is 7.14. The van der Waals surface area contributed by atoms with Crippen molar-refractivity contribution in [3.63, 3.8) is 0 Å². The van der Waals surface area contributed by atoms with Gasteiger partial charge in [-0.15, -0.1) is 0 Å². The van der Waals surface area contributed by atoms with E-state index in [1.54, 1.807) is 10.8 Å². The summed E-state index contributed by atoms with van der Waals surface area (Å²) in [5, 5.41) is 20.9. The fourth-order valence-electron chi connectivity index (χ4n) is 0.856. The lowest BCUT2D eigenvalue weighted by Crippen LogP contribution is -1.74. The fraction of sp³-hybridized carbons (Fsp3) is 0. The largest absolute Gasteiger partial charge is 0.523 e. The van der Waals surface area contributed by atoms with Gasteiger partial charge in [-0.3, -0.25) is 0 Å². The summed E-state index contributed by atoms with van der Waals surface area (Å²) in [4.78, 5) is 13.8. The zero-order chi connectivity index (χ0) is 9.97. The van der Waals surface area contributed by atoms with Crippen molar-refractivity contribution in [2.75, 3.05) is 0 Å². The minimum atomic E-state index is 0.274. The van der Waals surface area contributed by atoms with E-state index in [-0.39, 0.29) is 10.3 Å². The molecule has 0 atom stereocenters. The fourth-order valence-corrected chi connectivity index (χ4v) is 2.03. The lowest BCUT2D eigenvalue weighted by Gasteiger charge is -1.69. The van der Waals surface area contributed by atoms with E-state index in [4.69, 9.17) is 10.8 Å². The maximum Gasteiger partial charge on any atom is 0.523 e. The van der Waals surface area contributed by atoms with E-state index in [0.717, 1.165) is 0 Å². The molecule has 8 heteroatoms. The van der Waals surface area contributed by atoms with E-state index in [2.05, 4.69) is 19.9 Å². The summed E-state index contributed by atoms with van der Waals surface area (Å²) in [6.45, 7) is 0. The molecule has 0 unspecified atom stereocenters. The van der Waals surface area contributed by atoms with Gasteiger partial charge in [0.1, 0.15) is 0 Å². The van der Waals surface area contributed by atoms with Crippen molar-refractivity contribution in [2.45, 2.75) is 0 Å². The van der Waals surface area contributed by atoms with Gasteiger partial charge in [-0.2, -0.15) is 0 Å². The first kappa shape index (κ1) is 8.69. The van der Waals surface area contributed by atoms with Crippen molar-refractivity contribution in [3.05, 3.63) is 20.7 Å². The SMILES string of the molecule is N#[N+]c1nc(-c2csc([N+]#N)n2)cs1. The second-order valence-electron chi connectivity index (χ2n) is 2.23. The molecule has 0 amide bonds. The van der Waals surface area contributed by atoms with Gasteiger partial charge in [0.25, 0.3) is 0 Å². The van der Waals surface area contributed by atoms with Crippen molar-refractivity contribution in [1.29, 1.82) is 10.8 Å². The summed E-state index contributed by atoms with van der Waals surface area (Å²) in [5.74, 6) is 0. The predicted octanol–water partition coefficient (Wildman–Crippen LogP) is 3.24. The van der Waals surface area contributed by atoms with Crippen LogP contribution in [0.4, 0.5) is 10.3 Å². The molecule has 0 bridgehead atoms. The van der Waals surface area contributed by atoms with Crippen LogP contribution in [0.2, 0.25) is 0 Å². The zero-order valence-electron chi connectivity index (χ0n) is 6.65. The maximum absolute atomic E-state index is 8.45. The van der Waals surface area contributed by atoms with Crippen LogP contribution in [0.3, 0.4) is 0 Å². The Bertz CT molecular complexity index is 491. The van der Waals surface area contributed by atoms with Crippen LogP contribution in [-0.2, 0) is 0 Å². The van der Waals surface area contributed by atoms with Gasteiger partial charge < -0.3 is 0 Å². The molecule has 6 nitrogen and oxygen atoms in total. The topological polar surface area (TPSA) is 82.1 Å². The highest BCUT2D eigenvalue weighted by Gasteiger charge is 2.23. The molecule has 0 spiro atoms. The first-order chi connectivity index (χ1) is 6.83. The summed E-state index contributed by atoms with van der Waals surface area (Å²) >= 11 is 2.41. The van der Waals surface area contributed by atoms with E-state index in [1.165, 1.54) is 22.7 Å². The monoisotopic (exact) mass is 222 g/mol. The molecule has 0 radical (unpaired) electrons. The lowest BCUT2D eigenvalue weighted by atomic mass is 10.4. The minimum Gasteiger partial charge on any atom is -0.0283 e. The molecular weight excluding hydrogens is 220 g/mol. The van der Waals surface area contributed by atoms with Crippen molar-refractivity contribution < 1.29 is 0 Å². The Hall–Kier alpha value is -1.90. The summed E-state index contributed by atoms with van der Waals surface area (Å²) in [6.07, 6.45) is 0. The number of hydrogen-bond donors (Lipinski definition) is 0. The summed E-state index contributed by atoms with van der Waals surface area (Å²) in [7, 11) is 0. The molecule has 0 saturated heterocycles. The van der Waals surface area contributed by atoms with Crippen molar-refractivity contribution >= 4 is 32.9 Å². The van der Waals surface area contributed by atoms with Crippen LogP contribution >= 0.6 is 22.7 Å². The summed E-state index contributed by atoms with van der Waals surface area (Å²) in [5.41, 5.74) is 1.21. The molecule has 66 valence electrons. The van der Waals surface area contributed by atoms with Crippen LogP contribution in [0, 0.1) is 10.8 Å². The molecule has 0 fully saturated rings. The third-order valence-electron chi connectivity index (χ3n) is 1.42. The van der Waals surface area contributed by atoms with Crippen LogP contribution in [0.1, 0.15) is 0 Å². The Kier molecular flexibility index (Phi) is 2.14. The van der Waals surface area contributed by atoms with Crippen molar-refractivity contribution in [3.8, 4) is 11.4 Å². The molecule has 0 N–H and O–H groups in total. The van der Waals surface area contributed by atoms with Gasteiger partial charge in [0.2, 0.25) is 11.4 Å². The Labute approximate surface area is 86.1 Å². The number of hydrogen-bond acceptors (Lipinski definition) is 6. The molecule has 2 rings (SSSR count). The smallest absolute Gasteiger partial charge is 0.0283 e. The summed E-state index contributed by atoms with van der Waals surface area (Å²) in [6, 6.07) is 0.